The third-order valence-electron chi connectivity index (χ3n) is 3.49. The molecule has 0 spiro atoms. The zero-order valence-corrected chi connectivity index (χ0v) is 14.5. The Morgan fingerprint density at radius 1 is 0.958 bits per heavy atom. The van der Waals surface area contributed by atoms with Crippen LogP contribution in [0.15, 0.2) is 0 Å². The summed E-state index contributed by atoms with van der Waals surface area (Å²) >= 11 is 0. The third-order valence-corrected chi connectivity index (χ3v) is 6.15. The fourth-order valence-corrected chi connectivity index (χ4v) is 3.16. The molecule has 0 aliphatic heterocycles. The molecule has 1 aromatic carbocycles. The minimum Gasteiger partial charge on any atom is -0.420 e. The molecule has 136 valence electrons. The first-order valence-corrected chi connectivity index (χ1v) is 10.3. The number of urea groups is 1. The lowest BCUT2D eigenvalue weighted by Gasteiger charge is -2.19. The zero-order chi connectivity index (χ0) is 18.5. The van der Waals surface area contributed by atoms with Crippen LogP contribution in [0.2, 0.25) is 19.1 Å². The molecule has 0 aromatic heterocycles. The first-order chi connectivity index (χ1) is 11.1. The van der Waals surface area contributed by atoms with Crippen LogP contribution in [0, 0.1) is 29.1 Å². The number of nitrogens with one attached hydrogen (secondary N) is 2. The van der Waals surface area contributed by atoms with Crippen LogP contribution >= 0.6 is 0 Å². The van der Waals surface area contributed by atoms with Crippen LogP contribution in [0.4, 0.5) is 32.4 Å². The molecule has 0 heterocycles. The second-order valence-corrected chi connectivity index (χ2v) is 10.2. The van der Waals surface area contributed by atoms with Crippen molar-refractivity contribution in [3.63, 3.8) is 0 Å². The lowest BCUT2D eigenvalue weighted by atomic mass is 10.2. The van der Waals surface area contributed by atoms with Crippen LogP contribution in [0.25, 0.3) is 0 Å². The molecule has 1 rings (SSSR count). The van der Waals surface area contributed by atoms with Gasteiger partial charge in [0.1, 0.15) is 5.69 Å². The fraction of sp³-hybridized carbons (Fsp3) is 0.500. The fourth-order valence-electron chi connectivity index (χ4n) is 1.85. The molecule has 24 heavy (non-hydrogen) atoms. The van der Waals surface area contributed by atoms with Gasteiger partial charge in [-0.05, 0) is 25.6 Å². The van der Waals surface area contributed by atoms with Gasteiger partial charge in [0.2, 0.25) is 5.82 Å². The first kappa shape index (κ1) is 20.4. The molecule has 0 atom stereocenters. The topological polar surface area (TPSA) is 50.4 Å². The summed E-state index contributed by atoms with van der Waals surface area (Å²) in [4.78, 5) is 11.5. The molecule has 0 aliphatic rings. The highest BCUT2D eigenvalue weighted by Gasteiger charge is 2.26. The van der Waals surface area contributed by atoms with Crippen LogP contribution in [0.1, 0.15) is 12.8 Å². The smallest absolute Gasteiger partial charge is 0.319 e. The maximum atomic E-state index is 13.4. The summed E-state index contributed by atoms with van der Waals surface area (Å²) in [6.07, 6.45) is 1.36. The van der Waals surface area contributed by atoms with E-state index < -0.39 is 49.1 Å². The Balaban J connectivity index is 2.55. The number of benzene rings is 1. The van der Waals surface area contributed by atoms with Crippen molar-refractivity contribution < 1.29 is 31.2 Å². The molecule has 0 unspecified atom stereocenters. The first-order valence-electron chi connectivity index (χ1n) is 7.22. The standard InChI is InChI=1S/C14H19F5N2O2Si/c1-23-24(2,3)7-5-4-6-20-14(22)21-13-11(18)9(16)8(15)10(17)12(13)19/h4-7H2,1-3H3,(H2,20,21,22). The van der Waals surface area contributed by atoms with Crippen LogP contribution < -0.4 is 10.6 Å². The van der Waals surface area contributed by atoms with Crippen LogP contribution in [-0.4, -0.2) is 28.0 Å². The molecular weight excluding hydrogens is 351 g/mol. The molecule has 1 aromatic rings. The SMILES string of the molecule is CO[Si](C)(C)CCCCNC(=O)Nc1c(F)c(F)c(F)c(F)c1F. The van der Waals surface area contributed by atoms with Gasteiger partial charge in [-0.25, -0.2) is 26.7 Å². The predicted molar refractivity (Wildman–Crippen MR) is 81.8 cm³/mol. The molecule has 0 saturated heterocycles. The summed E-state index contributed by atoms with van der Waals surface area (Å²) < 4.78 is 71.1. The summed E-state index contributed by atoms with van der Waals surface area (Å²) in [6.45, 7) is 4.27. The van der Waals surface area contributed by atoms with E-state index in [9.17, 15) is 26.7 Å². The van der Waals surface area contributed by atoms with Crippen molar-refractivity contribution in [1.29, 1.82) is 0 Å². The van der Waals surface area contributed by atoms with Crippen molar-refractivity contribution in [3.05, 3.63) is 29.1 Å². The molecule has 0 saturated carbocycles. The molecule has 10 heteroatoms. The normalized spacial score (nSPS) is 11.5. The summed E-state index contributed by atoms with van der Waals surface area (Å²) in [5.74, 6) is -10.7. The van der Waals surface area contributed by atoms with E-state index in [4.69, 9.17) is 4.43 Å². The maximum absolute atomic E-state index is 13.4. The van der Waals surface area contributed by atoms with E-state index >= 15 is 0 Å². The number of hydrogen-bond donors (Lipinski definition) is 2. The van der Waals surface area contributed by atoms with E-state index in [1.807, 2.05) is 13.1 Å². The number of rotatable bonds is 7. The van der Waals surface area contributed by atoms with Gasteiger partial charge in [-0.15, -0.1) is 0 Å². The molecule has 0 fully saturated rings. The van der Waals surface area contributed by atoms with Gasteiger partial charge in [-0.1, -0.05) is 6.42 Å². The van der Waals surface area contributed by atoms with Crippen molar-refractivity contribution in [3.8, 4) is 0 Å². The quantitative estimate of drug-likeness (QED) is 0.249. The van der Waals surface area contributed by atoms with Crippen molar-refractivity contribution >= 4 is 20.0 Å². The molecule has 2 N–H and O–H groups in total. The summed E-state index contributed by atoms with van der Waals surface area (Å²) in [7, 11) is -0.0539. The monoisotopic (exact) mass is 370 g/mol. The van der Waals surface area contributed by atoms with E-state index in [0.29, 0.717) is 6.42 Å². The molecule has 0 aliphatic carbocycles. The number of anilines is 1. The zero-order valence-electron chi connectivity index (χ0n) is 13.5. The predicted octanol–water partition coefficient (Wildman–Crippen LogP) is 4.14. The van der Waals surface area contributed by atoms with Gasteiger partial charge < -0.3 is 15.1 Å². The summed E-state index contributed by atoms with van der Waals surface area (Å²) in [6, 6.07) is -0.189. The lowest BCUT2D eigenvalue weighted by Crippen LogP contribution is -2.31. The molecule has 4 nitrogen and oxygen atoms in total. The van der Waals surface area contributed by atoms with E-state index in [1.54, 1.807) is 12.4 Å². The Bertz CT molecular complexity index is 584. The molecule has 0 bridgehead atoms. The summed E-state index contributed by atoms with van der Waals surface area (Å²) in [5, 5.41) is 3.94. The van der Waals surface area contributed by atoms with Crippen molar-refractivity contribution in [1.82, 2.24) is 5.32 Å². The number of unbranched alkanes of at least 4 members (excludes halogenated alkanes) is 1. The van der Waals surface area contributed by atoms with Gasteiger partial charge >= 0.3 is 6.03 Å². The highest BCUT2D eigenvalue weighted by Crippen LogP contribution is 2.26. The van der Waals surface area contributed by atoms with Crippen molar-refractivity contribution in [2.45, 2.75) is 32.0 Å². The number of carbonyl (C=O) groups is 1. The van der Waals surface area contributed by atoms with E-state index in [1.165, 1.54) is 0 Å². The largest absolute Gasteiger partial charge is 0.420 e. The Labute approximate surface area is 137 Å². The number of amides is 2. The number of hydrogen-bond acceptors (Lipinski definition) is 2. The van der Waals surface area contributed by atoms with Crippen LogP contribution in [0.3, 0.4) is 0 Å². The van der Waals surface area contributed by atoms with Gasteiger partial charge in [0.05, 0.1) is 0 Å². The highest BCUT2D eigenvalue weighted by atomic mass is 28.4. The molecule has 2 amide bonds. The van der Waals surface area contributed by atoms with E-state index in [2.05, 4.69) is 5.32 Å². The van der Waals surface area contributed by atoms with Gasteiger partial charge in [-0.2, -0.15) is 0 Å². The number of carbonyl (C=O) groups excluding carboxylic acids is 1. The van der Waals surface area contributed by atoms with Crippen LogP contribution in [0.5, 0.6) is 0 Å². The third kappa shape index (κ3) is 5.16. The average molecular weight is 370 g/mol. The summed E-state index contributed by atoms with van der Waals surface area (Å²) in [5.41, 5.74) is -1.38. The Morgan fingerprint density at radius 2 is 1.46 bits per heavy atom. The Hall–Kier alpha value is -1.68. The Morgan fingerprint density at radius 3 is 1.96 bits per heavy atom. The van der Waals surface area contributed by atoms with Gasteiger partial charge in [0.25, 0.3) is 0 Å². The van der Waals surface area contributed by atoms with E-state index in [-0.39, 0.29) is 6.54 Å². The minimum atomic E-state index is -2.28. The van der Waals surface area contributed by atoms with Gasteiger partial charge in [0, 0.05) is 13.7 Å². The Kier molecular flexibility index (Phi) is 7.15. The number of halogens is 5. The van der Waals surface area contributed by atoms with Crippen LogP contribution in [-0.2, 0) is 4.43 Å². The van der Waals surface area contributed by atoms with Gasteiger partial charge in [0.15, 0.2) is 31.6 Å². The second-order valence-electron chi connectivity index (χ2n) is 5.75. The molecular formula is C14H19F5N2O2Si. The lowest BCUT2D eigenvalue weighted by molar-refractivity contribution is 0.251. The van der Waals surface area contributed by atoms with Crippen molar-refractivity contribution in [2.24, 2.45) is 0 Å². The maximum Gasteiger partial charge on any atom is 0.319 e. The molecule has 0 radical (unpaired) electrons. The second kappa shape index (κ2) is 8.43. The minimum absolute atomic E-state index is 0.190. The highest BCUT2D eigenvalue weighted by molar-refractivity contribution is 6.71. The van der Waals surface area contributed by atoms with E-state index in [0.717, 1.165) is 12.5 Å². The van der Waals surface area contributed by atoms with Crippen molar-refractivity contribution in [2.75, 3.05) is 19.0 Å². The van der Waals surface area contributed by atoms with Gasteiger partial charge in [-0.3, -0.25) is 0 Å². The average Bonchev–Trinajstić information content (AvgIpc) is 2.54.